The second-order valence-corrected chi connectivity index (χ2v) is 5.99. The van der Waals surface area contributed by atoms with Crippen molar-refractivity contribution in [1.82, 2.24) is 0 Å². The quantitative estimate of drug-likeness (QED) is 0.538. The molecule has 0 heterocycles. The fourth-order valence-electron chi connectivity index (χ4n) is 2.34. The van der Waals surface area contributed by atoms with Gasteiger partial charge in [0, 0.05) is 16.3 Å². The van der Waals surface area contributed by atoms with Crippen LogP contribution in [0.25, 0.3) is 10.8 Å². The van der Waals surface area contributed by atoms with E-state index in [2.05, 4.69) is 61.5 Å². The molecule has 0 saturated heterocycles. The summed E-state index contributed by atoms with van der Waals surface area (Å²) in [6, 6.07) is 21.2. The van der Waals surface area contributed by atoms with E-state index in [1.54, 1.807) is 11.8 Å². The van der Waals surface area contributed by atoms with Gasteiger partial charge >= 0.3 is 0 Å². The van der Waals surface area contributed by atoms with Gasteiger partial charge in [0.2, 0.25) is 0 Å². The average molecular weight is 279 g/mol. The second kappa shape index (κ2) is 5.59. The number of anilines is 1. The smallest absolute Gasteiger partial charge is 0.0452 e. The van der Waals surface area contributed by atoms with Gasteiger partial charge in [-0.1, -0.05) is 48.5 Å². The van der Waals surface area contributed by atoms with E-state index in [0.717, 1.165) is 16.3 Å². The fraction of sp³-hybridized carbons (Fsp3) is 0.111. The molecular weight excluding hydrogens is 262 g/mol. The number of benzene rings is 3. The summed E-state index contributed by atoms with van der Waals surface area (Å²) in [5, 5.41) is 2.62. The molecule has 3 aromatic rings. The maximum absolute atomic E-state index is 6.05. The molecule has 0 aliphatic heterocycles. The molecule has 0 aliphatic rings. The molecule has 3 aromatic carbocycles. The van der Waals surface area contributed by atoms with Crippen LogP contribution < -0.4 is 5.73 Å². The lowest BCUT2D eigenvalue weighted by Crippen LogP contribution is -1.90. The number of hydrogen-bond donors (Lipinski definition) is 1. The molecule has 1 nitrogen and oxygen atoms in total. The highest BCUT2D eigenvalue weighted by Crippen LogP contribution is 2.31. The number of nitrogens with two attached hydrogens (primary N) is 1. The number of aryl methyl sites for hydroxylation is 1. The van der Waals surface area contributed by atoms with Crippen molar-refractivity contribution in [3.8, 4) is 0 Å². The highest BCUT2D eigenvalue weighted by molar-refractivity contribution is 7.98. The Morgan fingerprint density at radius 1 is 0.950 bits per heavy atom. The molecule has 20 heavy (non-hydrogen) atoms. The van der Waals surface area contributed by atoms with Gasteiger partial charge in [0.25, 0.3) is 0 Å². The first kappa shape index (κ1) is 13.1. The van der Waals surface area contributed by atoms with Crippen molar-refractivity contribution in [2.45, 2.75) is 17.6 Å². The number of rotatable bonds is 3. The molecule has 0 aromatic heterocycles. The molecule has 100 valence electrons. The number of fused-ring (bicyclic) bond motifs is 1. The number of thioether (sulfide) groups is 1. The summed E-state index contributed by atoms with van der Waals surface area (Å²) in [7, 11) is 0. The van der Waals surface area contributed by atoms with Crippen LogP contribution >= 0.6 is 11.8 Å². The van der Waals surface area contributed by atoms with Crippen LogP contribution in [0.5, 0.6) is 0 Å². The summed E-state index contributed by atoms with van der Waals surface area (Å²) in [5.74, 6) is 0.939. The summed E-state index contributed by atoms with van der Waals surface area (Å²) >= 11 is 1.80. The Hall–Kier alpha value is -1.93. The SMILES string of the molecule is Cc1ccc(N)c(SCc2cccc3ccccc23)c1. The second-order valence-electron chi connectivity index (χ2n) is 4.97. The van der Waals surface area contributed by atoms with Gasteiger partial charge in [0.1, 0.15) is 0 Å². The number of hydrogen-bond acceptors (Lipinski definition) is 2. The third kappa shape index (κ3) is 2.66. The Morgan fingerprint density at radius 3 is 2.65 bits per heavy atom. The lowest BCUT2D eigenvalue weighted by molar-refractivity contribution is 1.35. The van der Waals surface area contributed by atoms with Crippen LogP contribution in [0.3, 0.4) is 0 Å². The van der Waals surface area contributed by atoms with Crippen molar-refractivity contribution in [3.63, 3.8) is 0 Å². The first-order chi connectivity index (χ1) is 9.74. The zero-order chi connectivity index (χ0) is 13.9. The highest BCUT2D eigenvalue weighted by atomic mass is 32.2. The Labute approximate surface area is 123 Å². The molecule has 0 radical (unpaired) electrons. The highest BCUT2D eigenvalue weighted by Gasteiger charge is 2.04. The summed E-state index contributed by atoms with van der Waals surface area (Å²) in [4.78, 5) is 1.16. The molecule has 0 spiro atoms. The lowest BCUT2D eigenvalue weighted by Gasteiger charge is -2.09. The topological polar surface area (TPSA) is 26.0 Å². The van der Waals surface area contributed by atoms with Gasteiger partial charge in [-0.2, -0.15) is 0 Å². The van der Waals surface area contributed by atoms with E-state index in [0.29, 0.717) is 0 Å². The van der Waals surface area contributed by atoms with E-state index in [9.17, 15) is 0 Å². The summed E-state index contributed by atoms with van der Waals surface area (Å²) in [5.41, 5.74) is 9.51. The largest absolute Gasteiger partial charge is 0.398 e. The van der Waals surface area contributed by atoms with Gasteiger partial charge in [0.15, 0.2) is 0 Å². The van der Waals surface area contributed by atoms with E-state index in [-0.39, 0.29) is 0 Å². The minimum absolute atomic E-state index is 0.862. The molecule has 0 amide bonds. The fourth-order valence-corrected chi connectivity index (χ4v) is 3.41. The van der Waals surface area contributed by atoms with Gasteiger partial charge in [-0.3, -0.25) is 0 Å². The van der Waals surface area contributed by atoms with E-state index in [1.165, 1.54) is 21.9 Å². The minimum atomic E-state index is 0.862. The van der Waals surface area contributed by atoms with E-state index >= 15 is 0 Å². The Bertz CT molecular complexity index is 744. The minimum Gasteiger partial charge on any atom is -0.398 e. The van der Waals surface area contributed by atoms with Crippen LogP contribution in [0.1, 0.15) is 11.1 Å². The van der Waals surface area contributed by atoms with Crippen LogP contribution in [0, 0.1) is 6.92 Å². The molecule has 0 atom stereocenters. The normalized spacial score (nSPS) is 10.8. The summed E-state index contributed by atoms with van der Waals surface area (Å²) < 4.78 is 0. The molecule has 0 fully saturated rings. The molecule has 2 heteroatoms. The molecule has 0 saturated carbocycles. The molecule has 0 aliphatic carbocycles. The van der Waals surface area contributed by atoms with Crippen molar-refractivity contribution in [2.24, 2.45) is 0 Å². The first-order valence-corrected chi connectivity index (χ1v) is 7.68. The average Bonchev–Trinajstić information content (AvgIpc) is 2.48. The zero-order valence-electron chi connectivity index (χ0n) is 11.5. The van der Waals surface area contributed by atoms with Gasteiger partial charge in [0.05, 0.1) is 0 Å². The Kier molecular flexibility index (Phi) is 3.66. The number of nitrogen functional groups attached to an aromatic ring is 1. The summed E-state index contributed by atoms with van der Waals surface area (Å²) in [6.45, 7) is 2.10. The van der Waals surface area contributed by atoms with Crippen LogP contribution in [0.2, 0.25) is 0 Å². The molecule has 2 N–H and O–H groups in total. The monoisotopic (exact) mass is 279 g/mol. The lowest BCUT2D eigenvalue weighted by atomic mass is 10.1. The van der Waals surface area contributed by atoms with E-state index in [1.807, 2.05) is 6.07 Å². The Balaban J connectivity index is 1.89. The van der Waals surface area contributed by atoms with E-state index in [4.69, 9.17) is 5.73 Å². The van der Waals surface area contributed by atoms with Gasteiger partial charge in [-0.15, -0.1) is 11.8 Å². The van der Waals surface area contributed by atoms with Crippen LogP contribution in [-0.2, 0) is 5.75 Å². The third-order valence-electron chi connectivity index (χ3n) is 3.43. The maximum atomic E-state index is 6.05. The predicted molar refractivity (Wildman–Crippen MR) is 89.1 cm³/mol. The third-order valence-corrected chi connectivity index (χ3v) is 4.55. The van der Waals surface area contributed by atoms with Gasteiger partial charge < -0.3 is 5.73 Å². The van der Waals surface area contributed by atoms with E-state index < -0.39 is 0 Å². The molecule has 3 rings (SSSR count). The van der Waals surface area contributed by atoms with Crippen LogP contribution in [0.15, 0.2) is 65.6 Å². The van der Waals surface area contributed by atoms with Gasteiger partial charge in [-0.25, -0.2) is 0 Å². The van der Waals surface area contributed by atoms with Crippen molar-refractivity contribution in [2.75, 3.05) is 5.73 Å². The van der Waals surface area contributed by atoms with Crippen molar-refractivity contribution >= 4 is 28.2 Å². The molecular formula is C18H17NS. The van der Waals surface area contributed by atoms with Crippen molar-refractivity contribution in [3.05, 3.63) is 71.8 Å². The standard InChI is InChI=1S/C18H17NS/c1-13-9-10-17(19)18(11-13)20-12-15-7-4-6-14-5-2-3-8-16(14)15/h2-11H,12,19H2,1H3. The summed E-state index contributed by atoms with van der Waals surface area (Å²) in [6.07, 6.45) is 0. The van der Waals surface area contributed by atoms with Gasteiger partial charge in [-0.05, 0) is 41.0 Å². The van der Waals surface area contributed by atoms with Crippen molar-refractivity contribution < 1.29 is 0 Å². The molecule has 0 bridgehead atoms. The van der Waals surface area contributed by atoms with Crippen molar-refractivity contribution in [1.29, 1.82) is 0 Å². The first-order valence-electron chi connectivity index (χ1n) is 6.69. The zero-order valence-corrected chi connectivity index (χ0v) is 12.3. The molecule has 0 unspecified atom stereocenters. The Morgan fingerprint density at radius 2 is 1.75 bits per heavy atom. The van der Waals surface area contributed by atoms with Crippen LogP contribution in [-0.4, -0.2) is 0 Å². The maximum Gasteiger partial charge on any atom is 0.0452 e. The predicted octanol–water partition coefficient (Wildman–Crippen LogP) is 5.02. The van der Waals surface area contributed by atoms with Crippen LogP contribution in [0.4, 0.5) is 5.69 Å².